The Hall–Kier alpha value is -1.96. The first kappa shape index (κ1) is 11.1. The van der Waals surface area contributed by atoms with Gasteiger partial charge in [-0.15, -0.1) is 0 Å². The normalized spacial score (nSPS) is 10.5. The molecule has 0 radical (unpaired) electrons. The molecule has 0 aliphatic carbocycles. The average Bonchev–Trinajstić information content (AvgIpc) is 2.53. The van der Waals surface area contributed by atoms with E-state index in [0.29, 0.717) is 5.82 Å². The summed E-state index contributed by atoms with van der Waals surface area (Å²) in [7, 11) is 0. The Balaban J connectivity index is 2.55. The fourth-order valence-corrected chi connectivity index (χ4v) is 1.04. The Kier molecular flexibility index (Phi) is 3.75. The standard InChI is InChI=1S/C7H10N4O4/c8-5(12)1-11(3-7(13)14)2-6-9-4-15-10-6/h4H,1-3H2,(H2,8,12)(H,13,14). The zero-order valence-corrected chi connectivity index (χ0v) is 7.79. The first-order valence-corrected chi connectivity index (χ1v) is 4.05. The smallest absolute Gasteiger partial charge is 0.317 e. The summed E-state index contributed by atoms with van der Waals surface area (Å²) in [4.78, 5) is 26.1. The van der Waals surface area contributed by atoms with Crippen LogP contribution in [0.15, 0.2) is 10.9 Å². The van der Waals surface area contributed by atoms with Crippen LogP contribution in [0.3, 0.4) is 0 Å². The molecule has 1 rings (SSSR count). The lowest BCUT2D eigenvalue weighted by Crippen LogP contribution is -2.37. The molecule has 15 heavy (non-hydrogen) atoms. The van der Waals surface area contributed by atoms with Crippen molar-refractivity contribution in [2.24, 2.45) is 5.73 Å². The van der Waals surface area contributed by atoms with Gasteiger partial charge < -0.3 is 15.4 Å². The van der Waals surface area contributed by atoms with Crippen LogP contribution in [0, 0.1) is 0 Å². The molecule has 1 aromatic heterocycles. The predicted octanol–water partition coefficient (Wildman–Crippen LogP) is -1.56. The van der Waals surface area contributed by atoms with E-state index in [1.165, 1.54) is 4.90 Å². The SMILES string of the molecule is NC(=O)CN(CC(=O)O)Cc1ncon1. The van der Waals surface area contributed by atoms with Gasteiger partial charge in [0.05, 0.1) is 19.6 Å². The van der Waals surface area contributed by atoms with Gasteiger partial charge in [-0.25, -0.2) is 0 Å². The third-order valence-electron chi connectivity index (χ3n) is 1.51. The van der Waals surface area contributed by atoms with E-state index in [9.17, 15) is 9.59 Å². The van der Waals surface area contributed by atoms with Crippen LogP contribution in [0.2, 0.25) is 0 Å². The molecule has 82 valence electrons. The molecule has 0 saturated heterocycles. The Morgan fingerprint density at radius 3 is 2.73 bits per heavy atom. The minimum Gasteiger partial charge on any atom is -0.480 e. The number of primary amides is 1. The van der Waals surface area contributed by atoms with Gasteiger partial charge in [0.1, 0.15) is 0 Å². The molecule has 0 aromatic carbocycles. The average molecular weight is 214 g/mol. The van der Waals surface area contributed by atoms with Crippen LogP contribution >= 0.6 is 0 Å². The highest BCUT2D eigenvalue weighted by Gasteiger charge is 2.14. The van der Waals surface area contributed by atoms with E-state index >= 15 is 0 Å². The molecule has 0 fully saturated rings. The highest BCUT2D eigenvalue weighted by molar-refractivity contribution is 5.77. The number of aliphatic carboxylic acids is 1. The summed E-state index contributed by atoms with van der Waals surface area (Å²) in [5, 5.41) is 12.1. The summed E-state index contributed by atoms with van der Waals surface area (Å²) in [5.74, 6) is -1.36. The zero-order valence-electron chi connectivity index (χ0n) is 7.79. The van der Waals surface area contributed by atoms with E-state index in [4.69, 9.17) is 10.8 Å². The lowest BCUT2D eigenvalue weighted by molar-refractivity contribution is -0.138. The topological polar surface area (TPSA) is 123 Å². The van der Waals surface area contributed by atoms with Gasteiger partial charge >= 0.3 is 5.97 Å². The van der Waals surface area contributed by atoms with Crippen molar-refractivity contribution >= 4 is 11.9 Å². The maximum atomic E-state index is 10.6. The molecule has 0 saturated carbocycles. The molecular weight excluding hydrogens is 204 g/mol. The number of carboxylic acids is 1. The summed E-state index contributed by atoms with van der Waals surface area (Å²) in [6, 6.07) is 0. The fraction of sp³-hybridized carbons (Fsp3) is 0.429. The van der Waals surface area contributed by atoms with Gasteiger partial charge in [0.15, 0.2) is 5.82 Å². The minimum atomic E-state index is -1.06. The maximum Gasteiger partial charge on any atom is 0.317 e. The van der Waals surface area contributed by atoms with E-state index < -0.39 is 11.9 Å². The third-order valence-corrected chi connectivity index (χ3v) is 1.51. The summed E-state index contributed by atoms with van der Waals surface area (Å²) in [6.45, 7) is -0.371. The Morgan fingerprint density at radius 1 is 1.53 bits per heavy atom. The number of carboxylic acid groups (broad SMARTS) is 1. The van der Waals surface area contributed by atoms with Gasteiger partial charge in [0, 0.05) is 0 Å². The first-order valence-electron chi connectivity index (χ1n) is 4.05. The lowest BCUT2D eigenvalue weighted by Gasteiger charge is -2.15. The minimum absolute atomic E-state index is 0.103. The number of hydrogen-bond acceptors (Lipinski definition) is 6. The molecule has 1 heterocycles. The highest BCUT2D eigenvalue weighted by Crippen LogP contribution is 1.97. The van der Waals surface area contributed by atoms with Gasteiger partial charge in [0.25, 0.3) is 0 Å². The molecule has 0 atom stereocenters. The van der Waals surface area contributed by atoms with Gasteiger partial charge in [-0.05, 0) is 0 Å². The second-order valence-corrected chi connectivity index (χ2v) is 2.85. The van der Waals surface area contributed by atoms with Crippen LogP contribution in [0.25, 0.3) is 0 Å². The molecule has 1 aromatic rings. The first-order chi connectivity index (χ1) is 7.08. The van der Waals surface area contributed by atoms with E-state index in [1.807, 2.05) is 0 Å². The van der Waals surface area contributed by atoms with Crippen molar-refractivity contribution in [1.82, 2.24) is 15.0 Å². The van der Waals surface area contributed by atoms with Crippen LogP contribution in [0.1, 0.15) is 5.82 Å². The van der Waals surface area contributed by atoms with Crippen molar-refractivity contribution in [3.8, 4) is 0 Å². The van der Waals surface area contributed by atoms with Gasteiger partial charge in [0.2, 0.25) is 12.3 Å². The Morgan fingerprint density at radius 2 is 2.27 bits per heavy atom. The highest BCUT2D eigenvalue weighted by atomic mass is 16.5. The molecule has 3 N–H and O–H groups in total. The van der Waals surface area contributed by atoms with E-state index in [-0.39, 0.29) is 19.6 Å². The number of aromatic nitrogens is 2. The summed E-state index contributed by atoms with van der Waals surface area (Å²) in [6.07, 6.45) is 1.12. The largest absolute Gasteiger partial charge is 0.480 e. The molecule has 0 aliphatic rings. The Bertz CT molecular complexity index is 321. The molecular formula is C7H10N4O4. The number of carbonyl (C=O) groups is 2. The van der Waals surface area contributed by atoms with Crippen LogP contribution < -0.4 is 5.73 Å². The molecule has 0 aliphatic heterocycles. The molecule has 8 nitrogen and oxygen atoms in total. The molecule has 1 amide bonds. The predicted molar refractivity (Wildman–Crippen MR) is 46.4 cm³/mol. The molecule has 0 bridgehead atoms. The number of rotatable bonds is 6. The van der Waals surface area contributed by atoms with Crippen molar-refractivity contribution in [1.29, 1.82) is 0 Å². The van der Waals surface area contributed by atoms with E-state index in [2.05, 4.69) is 14.7 Å². The number of amides is 1. The van der Waals surface area contributed by atoms with Crippen molar-refractivity contribution < 1.29 is 19.2 Å². The molecule has 0 spiro atoms. The van der Waals surface area contributed by atoms with Crippen LogP contribution in [0.5, 0.6) is 0 Å². The second kappa shape index (κ2) is 5.05. The monoisotopic (exact) mass is 214 g/mol. The van der Waals surface area contributed by atoms with E-state index in [1.54, 1.807) is 0 Å². The van der Waals surface area contributed by atoms with Crippen LogP contribution in [0.4, 0.5) is 0 Å². The van der Waals surface area contributed by atoms with Crippen molar-refractivity contribution in [3.05, 3.63) is 12.2 Å². The van der Waals surface area contributed by atoms with Crippen molar-refractivity contribution in [2.75, 3.05) is 13.1 Å². The number of carbonyl (C=O) groups excluding carboxylic acids is 1. The summed E-state index contributed by atoms with van der Waals surface area (Å²) in [5.41, 5.74) is 4.96. The maximum absolute atomic E-state index is 10.6. The second-order valence-electron chi connectivity index (χ2n) is 2.85. The van der Waals surface area contributed by atoms with Crippen molar-refractivity contribution in [3.63, 3.8) is 0 Å². The number of hydrogen-bond donors (Lipinski definition) is 2. The number of nitrogens with zero attached hydrogens (tertiary/aromatic N) is 3. The molecule has 0 unspecified atom stereocenters. The van der Waals surface area contributed by atoms with Crippen LogP contribution in [-0.2, 0) is 16.1 Å². The van der Waals surface area contributed by atoms with E-state index in [0.717, 1.165) is 6.39 Å². The lowest BCUT2D eigenvalue weighted by atomic mass is 10.4. The van der Waals surface area contributed by atoms with Gasteiger partial charge in [-0.3, -0.25) is 14.5 Å². The van der Waals surface area contributed by atoms with Gasteiger partial charge in [-0.1, -0.05) is 5.16 Å². The summed E-state index contributed by atoms with van der Waals surface area (Å²) < 4.78 is 4.47. The van der Waals surface area contributed by atoms with Crippen molar-refractivity contribution in [2.45, 2.75) is 6.54 Å². The summed E-state index contributed by atoms with van der Waals surface area (Å²) >= 11 is 0. The molecule has 8 heteroatoms. The fourth-order valence-electron chi connectivity index (χ4n) is 1.04. The zero-order chi connectivity index (χ0) is 11.3. The van der Waals surface area contributed by atoms with Gasteiger partial charge in [-0.2, -0.15) is 4.98 Å². The quantitative estimate of drug-likeness (QED) is 0.587. The third kappa shape index (κ3) is 4.18. The Labute approximate surface area is 84.7 Å². The number of nitrogens with two attached hydrogens (primary N) is 1. The van der Waals surface area contributed by atoms with Crippen LogP contribution in [-0.4, -0.2) is 45.1 Å².